The van der Waals surface area contributed by atoms with Crippen LogP contribution < -0.4 is 5.73 Å². The predicted molar refractivity (Wildman–Crippen MR) is 62.2 cm³/mol. The number of benzene rings is 1. The van der Waals surface area contributed by atoms with Gasteiger partial charge in [0.05, 0.1) is 19.1 Å². The summed E-state index contributed by atoms with van der Waals surface area (Å²) in [6.07, 6.45) is -5.08. The number of carbonyl (C=O) groups excluding carboxylic acids is 1. The van der Waals surface area contributed by atoms with Gasteiger partial charge in [0.2, 0.25) is 0 Å². The van der Waals surface area contributed by atoms with Gasteiger partial charge in [-0.15, -0.1) is 12.4 Å². The summed E-state index contributed by atoms with van der Waals surface area (Å²) in [5.41, 5.74) is 4.16. The number of hydrogen-bond donors (Lipinski definition) is 1. The summed E-state index contributed by atoms with van der Waals surface area (Å²) in [4.78, 5) is 10.9. The summed E-state index contributed by atoms with van der Waals surface area (Å²) in [6.45, 7) is 0. The van der Waals surface area contributed by atoms with Crippen LogP contribution in [-0.4, -0.2) is 13.1 Å². The molecule has 0 aromatic heterocycles. The molecule has 1 rings (SSSR count). The van der Waals surface area contributed by atoms with Gasteiger partial charge in [-0.05, 0) is 17.7 Å². The topological polar surface area (TPSA) is 52.3 Å². The Morgan fingerprint density at radius 2 is 2.00 bits per heavy atom. The lowest BCUT2D eigenvalue weighted by Crippen LogP contribution is -2.18. The number of hydrogen-bond acceptors (Lipinski definition) is 3. The number of rotatable bonds is 3. The van der Waals surface area contributed by atoms with Gasteiger partial charge in [0, 0.05) is 6.04 Å². The van der Waals surface area contributed by atoms with Crippen molar-refractivity contribution in [1.82, 2.24) is 0 Å². The Balaban J connectivity index is 0.00000324. The SMILES string of the molecule is COC(=O)C[C@@H](N)c1ccc(F)c(C(F)(F)F)c1.Cl. The van der Waals surface area contributed by atoms with Crippen molar-refractivity contribution in [1.29, 1.82) is 0 Å². The summed E-state index contributed by atoms with van der Waals surface area (Å²) >= 11 is 0. The molecule has 1 aromatic carbocycles. The molecule has 0 fully saturated rings. The standard InChI is InChI=1S/C11H11F4NO2.ClH/c1-18-10(17)5-9(16)6-2-3-8(12)7(4-6)11(13,14)15;/h2-4,9H,5,16H2,1H3;1H/t9-;/m1./s1. The van der Waals surface area contributed by atoms with E-state index in [9.17, 15) is 22.4 Å². The molecular weight excluding hydrogens is 290 g/mol. The van der Waals surface area contributed by atoms with E-state index in [1.54, 1.807) is 0 Å². The normalized spacial score (nSPS) is 12.5. The molecule has 19 heavy (non-hydrogen) atoms. The number of alkyl halides is 3. The average molecular weight is 302 g/mol. The van der Waals surface area contributed by atoms with E-state index >= 15 is 0 Å². The fourth-order valence-corrected chi connectivity index (χ4v) is 1.37. The van der Waals surface area contributed by atoms with Crippen LogP contribution in [0.15, 0.2) is 18.2 Å². The third-order valence-electron chi connectivity index (χ3n) is 2.34. The fraction of sp³-hybridized carbons (Fsp3) is 0.364. The fourth-order valence-electron chi connectivity index (χ4n) is 1.37. The highest BCUT2D eigenvalue weighted by atomic mass is 35.5. The average Bonchev–Trinajstić information content (AvgIpc) is 2.27. The van der Waals surface area contributed by atoms with Gasteiger partial charge in [0.15, 0.2) is 0 Å². The van der Waals surface area contributed by atoms with E-state index in [4.69, 9.17) is 5.73 Å². The second-order valence-electron chi connectivity index (χ2n) is 3.62. The van der Waals surface area contributed by atoms with Gasteiger partial charge in [-0.25, -0.2) is 4.39 Å². The summed E-state index contributed by atoms with van der Waals surface area (Å²) in [7, 11) is 1.14. The van der Waals surface area contributed by atoms with Gasteiger partial charge >= 0.3 is 12.1 Å². The molecule has 0 saturated heterocycles. The van der Waals surface area contributed by atoms with Gasteiger partial charge in [-0.3, -0.25) is 4.79 Å². The first kappa shape index (κ1) is 17.7. The van der Waals surface area contributed by atoms with Crippen molar-refractivity contribution in [3.8, 4) is 0 Å². The lowest BCUT2D eigenvalue weighted by Gasteiger charge is -2.14. The quantitative estimate of drug-likeness (QED) is 0.690. The molecule has 1 atom stereocenters. The van der Waals surface area contributed by atoms with Crippen LogP contribution in [0.2, 0.25) is 0 Å². The van der Waals surface area contributed by atoms with Gasteiger partial charge in [-0.1, -0.05) is 6.07 Å². The molecule has 0 aliphatic carbocycles. The summed E-state index contributed by atoms with van der Waals surface area (Å²) in [6, 6.07) is 1.41. The van der Waals surface area contributed by atoms with Crippen LogP contribution in [0.5, 0.6) is 0 Å². The molecule has 0 amide bonds. The zero-order valence-electron chi connectivity index (χ0n) is 9.83. The van der Waals surface area contributed by atoms with Gasteiger partial charge in [0.1, 0.15) is 5.82 Å². The molecule has 0 unspecified atom stereocenters. The molecule has 1 aromatic rings. The molecule has 0 aliphatic heterocycles. The Bertz CT molecular complexity index is 451. The monoisotopic (exact) mass is 301 g/mol. The first-order chi connectivity index (χ1) is 8.25. The highest BCUT2D eigenvalue weighted by Crippen LogP contribution is 2.33. The number of ether oxygens (including phenoxy) is 1. The van der Waals surface area contributed by atoms with Crippen LogP contribution in [0.25, 0.3) is 0 Å². The number of halogens is 5. The molecule has 0 radical (unpaired) electrons. The molecule has 0 bridgehead atoms. The molecule has 3 nitrogen and oxygen atoms in total. The van der Waals surface area contributed by atoms with E-state index < -0.39 is 29.6 Å². The summed E-state index contributed by atoms with van der Waals surface area (Å²) in [5.74, 6) is -2.03. The second-order valence-corrected chi connectivity index (χ2v) is 3.62. The maximum Gasteiger partial charge on any atom is 0.419 e. The van der Waals surface area contributed by atoms with Crippen LogP contribution in [-0.2, 0) is 15.7 Å². The van der Waals surface area contributed by atoms with Crippen molar-refractivity contribution < 1.29 is 27.1 Å². The molecular formula is C11H12ClF4NO2. The molecule has 0 heterocycles. The smallest absolute Gasteiger partial charge is 0.419 e. The third kappa shape index (κ3) is 4.68. The second kappa shape index (κ2) is 6.72. The van der Waals surface area contributed by atoms with Crippen LogP contribution >= 0.6 is 12.4 Å². The molecule has 8 heteroatoms. The van der Waals surface area contributed by atoms with Crippen molar-refractivity contribution in [3.05, 3.63) is 35.1 Å². The minimum atomic E-state index is -4.80. The van der Waals surface area contributed by atoms with Crippen molar-refractivity contribution in [2.75, 3.05) is 7.11 Å². The van der Waals surface area contributed by atoms with Crippen molar-refractivity contribution >= 4 is 18.4 Å². The largest absolute Gasteiger partial charge is 0.469 e. The first-order valence-electron chi connectivity index (χ1n) is 4.94. The zero-order valence-corrected chi connectivity index (χ0v) is 10.6. The van der Waals surface area contributed by atoms with E-state index in [0.29, 0.717) is 12.1 Å². The van der Waals surface area contributed by atoms with Crippen LogP contribution in [0.4, 0.5) is 17.6 Å². The molecule has 0 aliphatic rings. The first-order valence-corrected chi connectivity index (χ1v) is 4.94. The number of methoxy groups -OCH3 is 1. The summed E-state index contributed by atoms with van der Waals surface area (Å²) < 4.78 is 54.7. The van der Waals surface area contributed by atoms with E-state index in [2.05, 4.69) is 4.74 Å². The van der Waals surface area contributed by atoms with Crippen molar-refractivity contribution in [3.63, 3.8) is 0 Å². The lowest BCUT2D eigenvalue weighted by atomic mass is 10.0. The minimum Gasteiger partial charge on any atom is -0.469 e. The van der Waals surface area contributed by atoms with Crippen molar-refractivity contribution in [2.45, 2.75) is 18.6 Å². The Morgan fingerprint density at radius 3 is 2.47 bits per heavy atom. The Morgan fingerprint density at radius 1 is 1.42 bits per heavy atom. The third-order valence-corrected chi connectivity index (χ3v) is 2.34. The van der Waals surface area contributed by atoms with Gasteiger partial charge in [0.25, 0.3) is 0 Å². The Hall–Kier alpha value is -1.34. The number of esters is 1. The molecule has 0 spiro atoms. The highest BCUT2D eigenvalue weighted by molar-refractivity contribution is 5.85. The predicted octanol–water partition coefficient (Wildman–Crippen LogP) is 2.83. The number of carbonyl (C=O) groups is 1. The van der Waals surface area contributed by atoms with Crippen LogP contribution in [0.3, 0.4) is 0 Å². The van der Waals surface area contributed by atoms with E-state index in [1.165, 1.54) is 0 Å². The van der Waals surface area contributed by atoms with Gasteiger partial charge < -0.3 is 10.5 Å². The van der Waals surface area contributed by atoms with E-state index in [0.717, 1.165) is 13.2 Å². The highest BCUT2D eigenvalue weighted by Gasteiger charge is 2.34. The minimum absolute atomic E-state index is 0. The Kier molecular flexibility index (Phi) is 6.24. The Labute approximate surface area is 113 Å². The van der Waals surface area contributed by atoms with E-state index in [-0.39, 0.29) is 24.4 Å². The van der Waals surface area contributed by atoms with E-state index in [1.807, 2.05) is 0 Å². The maximum absolute atomic E-state index is 13.0. The molecule has 0 saturated carbocycles. The maximum atomic E-state index is 13.0. The lowest BCUT2D eigenvalue weighted by molar-refractivity contribution is -0.141. The summed E-state index contributed by atoms with van der Waals surface area (Å²) in [5, 5.41) is 0. The molecule has 108 valence electrons. The van der Waals surface area contributed by atoms with Crippen LogP contribution in [0.1, 0.15) is 23.6 Å². The van der Waals surface area contributed by atoms with Crippen molar-refractivity contribution in [2.24, 2.45) is 5.73 Å². The number of nitrogens with two attached hydrogens (primary N) is 1. The van der Waals surface area contributed by atoms with Crippen LogP contribution in [0, 0.1) is 5.82 Å². The molecule has 2 N–H and O–H groups in total. The zero-order chi connectivity index (χ0) is 13.9. The van der Waals surface area contributed by atoms with Gasteiger partial charge in [-0.2, -0.15) is 13.2 Å².